The van der Waals surface area contributed by atoms with Crippen molar-refractivity contribution >= 4 is 10.8 Å². The monoisotopic (exact) mass is 295 g/mol. The minimum Gasteiger partial charge on any atom is -0.310 e. The molecule has 0 fully saturated rings. The van der Waals surface area contributed by atoms with Crippen molar-refractivity contribution in [3.8, 4) is 0 Å². The highest BCUT2D eigenvalue weighted by molar-refractivity contribution is 7.84. The van der Waals surface area contributed by atoms with E-state index >= 15 is 0 Å². The average molecular weight is 295 g/mol. The van der Waals surface area contributed by atoms with Crippen molar-refractivity contribution in [2.45, 2.75) is 51.8 Å². The van der Waals surface area contributed by atoms with Gasteiger partial charge in [0.05, 0.1) is 0 Å². The van der Waals surface area contributed by atoms with Gasteiger partial charge in [0.2, 0.25) is 0 Å². The maximum absolute atomic E-state index is 11.3. The third kappa shape index (κ3) is 6.19. The lowest BCUT2D eigenvalue weighted by Crippen LogP contribution is -2.24. The van der Waals surface area contributed by atoms with Crippen LogP contribution in [0.3, 0.4) is 0 Å². The molecule has 0 saturated heterocycles. The lowest BCUT2D eigenvalue weighted by molar-refractivity contribution is 0.553. The molecule has 2 nitrogen and oxygen atoms in total. The van der Waals surface area contributed by atoms with Crippen LogP contribution in [0.1, 0.15) is 51.3 Å². The SMILES string of the molecule is CC(C)Cc1ccc(C(C)NCCC(C)S(C)=O)cc1. The first-order valence-corrected chi connectivity index (χ1v) is 9.16. The Morgan fingerprint density at radius 1 is 1.10 bits per heavy atom. The summed E-state index contributed by atoms with van der Waals surface area (Å²) < 4.78 is 11.3. The van der Waals surface area contributed by atoms with Gasteiger partial charge >= 0.3 is 0 Å². The van der Waals surface area contributed by atoms with Gasteiger partial charge in [-0.25, -0.2) is 0 Å². The van der Waals surface area contributed by atoms with Gasteiger partial charge in [-0.15, -0.1) is 0 Å². The Morgan fingerprint density at radius 2 is 1.70 bits per heavy atom. The third-order valence-electron chi connectivity index (χ3n) is 3.69. The maximum atomic E-state index is 11.3. The summed E-state index contributed by atoms with van der Waals surface area (Å²) in [6, 6.07) is 9.25. The second kappa shape index (κ2) is 8.58. The van der Waals surface area contributed by atoms with Crippen LogP contribution in [0.15, 0.2) is 24.3 Å². The fourth-order valence-corrected chi connectivity index (χ4v) is 2.65. The summed E-state index contributed by atoms with van der Waals surface area (Å²) in [5, 5.41) is 3.78. The number of benzene rings is 1. The fourth-order valence-electron chi connectivity index (χ4n) is 2.20. The van der Waals surface area contributed by atoms with Crippen molar-refractivity contribution in [2.24, 2.45) is 5.92 Å². The first-order valence-electron chi connectivity index (χ1n) is 7.54. The van der Waals surface area contributed by atoms with E-state index < -0.39 is 10.8 Å². The summed E-state index contributed by atoms with van der Waals surface area (Å²) in [6.07, 6.45) is 3.88. The molecule has 3 heteroatoms. The molecular weight excluding hydrogens is 266 g/mol. The Bertz CT molecular complexity index is 414. The largest absolute Gasteiger partial charge is 0.310 e. The lowest BCUT2D eigenvalue weighted by Gasteiger charge is -2.16. The molecule has 114 valence electrons. The van der Waals surface area contributed by atoms with E-state index in [0.717, 1.165) is 19.4 Å². The first kappa shape index (κ1) is 17.4. The van der Waals surface area contributed by atoms with Gasteiger partial charge in [-0.3, -0.25) is 4.21 Å². The molecular formula is C17H29NOS. The van der Waals surface area contributed by atoms with Crippen molar-refractivity contribution in [1.29, 1.82) is 0 Å². The molecule has 0 radical (unpaired) electrons. The van der Waals surface area contributed by atoms with Gasteiger partial charge in [0.1, 0.15) is 0 Å². The van der Waals surface area contributed by atoms with Gasteiger partial charge in [-0.05, 0) is 43.4 Å². The predicted octanol–water partition coefficient (Wildman–Crippen LogP) is 3.69. The molecule has 0 saturated carbocycles. The van der Waals surface area contributed by atoms with Crippen molar-refractivity contribution in [1.82, 2.24) is 5.32 Å². The van der Waals surface area contributed by atoms with Crippen LogP contribution in [0, 0.1) is 5.92 Å². The molecule has 0 spiro atoms. The van der Waals surface area contributed by atoms with Crippen molar-refractivity contribution in [3.63, 3.8) is 0 Å². The molecule has 0 aliphatic rings. The minimum atomic E-state index is -0.718. The molecule has 0 heterocycles. The molecule has 1 rings (SSSR count). The highest BCUT2D eigenvalue weighted by Crippen LogP contribution is 2.15. The zero-order valence-corrected chi connectivity index (χ0v) is 14.3. The van der Waals surface area contributed by atoms with E-state index in [1.807, 2.05) is 6.92 Å². The summed E-state index contributed by atoms with van der Waals surface area (Å²) in [7, 11) is -0.718. The molecule has 20 heavy (non-hydrogen) atoms. The van der Waals surface area contributed by atoms with E-state index in [9.17, 15) is 4.21 Å². The van der Waals surface area contributed by atoms with Crippen LogP contribution in [-0.2, 0) is 17.2 Å². The van der Waals surface area contributed by atoms with Gasteiger partial charge in [0.25, 0.3) is 0 Å². The van der Waals surface area contributed by atoms with Gasteiger partial charge < -0.3 is 5.32 Å². The zero-order chi connectivity index (χ0) is 15.1. The Hall–Kier alpha value is -0.670. The molecule has 0 bridgehead atoms. The molecule has 3 unspecified atom stereocenters. The summed E-state index contributed by atoms with van der Waals surface area (Å²) in [6.45, 7) is 9.64. The molecule has 1 aromatic rings. The second-order valence-electron chi connectivity index (χ2n) is 6.11. The van der Waals surface area contributed by atoms with E-state index in [0.29, 0.717) is 12.0 Å². The van der Waals surface area contributed by atoms with Crippen LogP contribution in [0.25, 0.3) is 0 Å². The predicted molar refractivity (Wildman–Crippen MR) is 89.5 cm³/mol. The average Bonchev–Trinajstić information content (AvgIpc) is 2.38. The molecule has 3 atom stereocenters. The molecule has 0 aliphatic carbocycles. The van der Waals surface area contributed by atoms with Crippen LogP contribution >= 0.6 is 0 Å². The van der Waals surface area contributed by atoms with Gasteiger partial charge in [0.15, 0.2) is 0 Å². The Kier molecular flexibility index (Phi) is 7.46. The van der Waals surface area contributed by atoms with Crippen LogP contribution in [-0.4, -0.2) is 22.3 Å². The van der Waals surface area contributed by atoms with Crippen LogP contribution in [0.5, 0.6) is 0 Å². The third-order valence-corrected chi connectivity index (χ3v) is 5.06. The number of hydrogen-bond acceptors (Lipinski definition) is 2. The minimum absolute atomic E-state index is 0.267. The summed E-state index contributed by atoms with van der Waals surface area (Å²) in [4.78, 5) is 0. The molecule has 0 aromatic heterocycles. The lowest BCUT2D eigenvalue weighted by atomic mass is 10.00. The molecule has 0 amide bonds. The fraction of sp³-hybridized carbons (Fsp3) is 0.647. The zero-order valence-electron chi connectivity index (χ0n) is 13.5. The quantitative estimate of drug-likeness (QED) is 0.792. The molecule has 1 N–H and O–H groups in total. The van der Waals surface area contributed by atoms with E-state index in [1.165, 1.54) is 11.1 Å². The van der Waals surface area contributed by atoms with Gasteiger partial charge in [-0.2, -0.15) is 0 Å². The van der Waals surface area contributed by atoms with Crippen molar-refractivity contribution < 1.29 is 4.21 Å². The summed E-state index contributed by atoms with van der Waals surface area (Å²) >= 11 is 0. The Balaban J connectivity index is 2.43. The van der Waals surface area contributed by atoms with Crippen molar-refractivity contribution in [2.75, 3.05) is 12.8 Å². The van der Waals surface area contributed by atoms with E-state index in [-0.39, 0.29) is 5.25 Å². The van der Waals surface area contributed by atoms with Crippen LogP contribution in [0.2, 0.25) is 0 Å². The highest BCUT2D eigenvalue weighted by Gasteiger charge is 2.08. The Morgan fingerprint density at radius 3 is 2.20 bits per heavy atom. The maximum Gasteiger partial charge on any atom is 0.0329 e. The normalized spacial score (nSPS) is 16.1. The highest BCUT2D eigenvalue weighted by atomic mass is 32.2. The van der Waals surface area contributed by atoms with E-state index in [4.69, 9.17) is 0 Å². The van der Waals surface area contributed by atoms with E-state index in [2.05, 4.69) is 50.4 Å². The second-order valence-corrected chi connectivity index (χ2v) is 7.92. The smallest absolute Gasteiger partial charge is 0.0329 e. The standard InChI is InChI=1S/C17H29NOS/c1-13(2)12-16-6-8-17(9-7-16)15(4)18-11-10-14(3)20(5)19/h6-9,13-15,18H,10-12H2,1-5H3. The van der Waals surface area contributed by atoms with Gasteiger partial charge in [0, 0.05) is 28.3 Å². The molecule has 0 aliphatic heterocycles. The van der Waals surface area contributed by atoms with Crippen LogP contribution in [0.4, 0.5) is 0 Å². The summed E-state index contributed by atoms with van der Waals surface area (Å²) in [5.41, 5.74) is 2.73. The van der Waals surface area contributed by atoms with Gasteiger partial charge in [-0.1, -0.05) is 45.0 Å². The Labute approximate surface area is 126 Å². The topological polar surface area (TPSA) is 29.1 Å². The number of nitrogens with one attached hydrogen (secondary N) is 1. The summed E-state index contributed by atoms with van der Waals surface area (Å²) in [5.74, 6) is 0.702. The number of rotatable bonds is 8. The van der Waals surface area contributed by atoms with E-state index in [1.54, 1.807) is 6.26 Å². The van der Waals surface area contributed by atoms with Crippen molar-refractivity contribution in [3.05, 3.63) is 35.4 Å². The van der Waals surface area contributed by atoms with Crippen LogP contribution < -0.4 is 5.32 Å². The number of hydrogen-bond donors (Lipinski definition) is 1. The first-order chi connectivity index (χ1) is 9.40. The molecule has 1 aromatic carbocycles.